The summed E-state index contributed by atoms with van der Waals surface area (Å²) in [5.41, 5.74) is 0.180. The number of aromatic amines is 1. The molecule has 2 aromatic heterocycles. The number of fused-ring (bicyclic) bond motifs is 1. The lowest BCUT2D eigenvalue weighted by atomic mass is 10.0. The molecule has 1 aliphatic heterocycles. The Balaban J connectivity index is 1.85. The van der Waals surface area contributed by atoms with Crippen LogP contribution in [0, 0.1) is 5.92 Å². The van der Waals surface area contributed by atoms with Gasteiger partial charge in [-0.3, -0.25) is 9.59 Å². The lowest BCUT2D eigenvalue weighted by Crippen LogP contribution is -2.34. The van der Waals surface area contributed by atoms with Crippen LogP contribution in [0.25, 0.3) is 0 Å². The smallest absolute Gasteiger partial charge is 0.253 e. The van der Waals surface area contributed by atoms with E-state index in [0.717, 1.165) is 37.7 Å². The SMILES string of the molecule is CC(C)[C@H](NC(=O)c1ccc(=O)[nH]c1)c1nnc2n1CCNCC2. The number of hydrogen-bond acceptors (Lipinski definition) is 5. The molecule has 0 saturated carbocycles. The summed E-state index contributed by atoms with van der Waals surface area (Å²) in [4.78, 5) is 26.2. The first kappa shape index (κ1) is 16.4. The summed E-state index contributed by atoms with van der Waals surface area (Å²) in [6.07, 6.45) is 2.25. The van der Waals surface area contributed by atoms with Crippen molar-refractivity contribution in [3.63, 3.8) is 0 Å². The Kier molecular flexibility index (Phi) is 4.75. The van der Waals surface area contributed by atoms with E-state index in [1.807, 2.05) is 13.8 Å². The minimum atomic E-state index is -0.247. The molecule has 2 aromatic rings. The van der Waals surface area contributed by atoms with Crippen molar-refractivity contribution in [3.05, 3.63) is 45.9 Å². The van der Waals surface area contributed by atoms with Gasteiger partial charge in [-0.2, -0.15) is 0 Å². The molecule has 0 spiro atoms. The molecule has 1 aliphatic rings. The van der Waals surface area contributed by atoms with Crippen LogP contribution in [-0.4, -0.2) is 38.7 Å². The van der Waals surface area contributed by atoms with Crippen LogP contribution >= 0.6 is 0 Å². The van der Waals surface area contributed by atoms with E-state index in [-0.39, 0.29) is 23.4 Å². The van der Waals surface area contributed by atoms with Crippen LogP contribution < -0.4 is 16.2 Å². The van der Waals surface area contributed by atoms with Crippen molar-refractivity contribution in [1.82, 2.24) is 30.4 Å². The Morgan fingerprint density at radius 1 is 1.29 bits per heavy atom. The molecule has 0 radical (unpaired) electrons. The topological polar surface area (TPSA) is 105 Å². The monoisotopic (exact) mass is 330 g/mol. The Morgan fingerprint density at radius 3 is 2.83 bits per heavy atom. The van der Waals surface area contributed by atoms with Crippen LogP contribution in [0.5, 0.6) is 0 Å². The third-order valence-electron chi connectivity index (χ3n) is 4.17. The van der Waals surface area contributed by atoms with Gasteiger partial charge in [0.05, 0.1) is 11.6 Å². The van der Waals surface area contributed by atoms with Crippen LogP contribution in [-0.2, 0) is 13.0 Å². The summed E-state index contributed by atoms with van der Waals surface area (Å²) in [7, 11) is 0. The predicted octanol–water partition coefficient (Wildman–Crippen LogP) is 0.239. The molecule has 128 valence electrons. The highest BCUT2D eigenvalue weighted by Gasteiger charge is 2.26. The van der Waals surface area contributed by atoms with Gasteiger partial charge in [-0.05, 0) is 12.0 Å². The number of pyridine rings is 1. The van der Waals surface area contributed by atoms with Crippen molar-refractivity contribution >= 4 is 5.91 Å². The van der Waals surface area contributed by atoms with Crippen molar-refractivity contribution in [2.24, 2.45) is 5.92 Å². The third-order valence-corrected chi connectivity index (χ3v) is 4.17. The molecule has 3 rings (SSSR count). The molecule has 8 nitrogen and oxygen atoms in total. The van der Waals surface area contributed by atoms with E-state index in [2.05, 4.69) is 30.4 Å². The zero-order chi connectivity index (χ0) is 17.1. The second-order valence-corrected chi connectivity index (χ2v) is 6.26. The molecule has 1 atom stereocenters. The molecular formula is C16H22N6O2. The van der Waals surface area contributed by atoms with E-state index in [1.54, 1.807) is 0 Å². The fraction of sp³-hybridized carbons (Fsp3) is 0.500. The summed E-state index contributed by atoms with van der Waals surface area (Å²) in [6.45, 7) is 6.60. The molecule has 24 heavy (non-hydrogen) atoms. The van der Waals surface area contributed by atoms with Gasteiger partial charge in [-0.1, -0.05) is 13.8 Å². The standard InChI is InChI=1S/C16H22N6O2/c1-10(2)14(19-16(24)11-3-4-13(23)18-9-11)15-21-20-12-5-6-17-7-8-22(12)15/h3-4,9-10,14,17H,5-8H2,1-2H3,(H,18,23)(H,19,24)/t14-/m0/s1. The van der Waals surface area contributed by atoms with Gasteiger partial charge in [-0.15, -0.1) is 10.2 Å². The van der Waals surface area contributed by atoms with Gasteiger partial charge in [-0.25, -0.2) is 0 Å². The van der Waals surface area contributed by atoms with Gasteiger partial charge >= 0.3 is 0 Å². The summed E-state index contributed by atoms with van der Waals surface area (Å²) >= 11 is 0. The quantitative estimate of drug-likeness (QED) is 0.745. The van der Waals surface area contributed by atoms with Crippen molar-refractivity contribution in [2.75, 3.05) is 13.1 Å². The number of carbonyl (C=O) groups excluding carboxylic acids is 1. The van der Waals surface area contributed by atoms with E-state index in [9.17, 15) is 9.59 Å². The number of H-pyrrole nitrogens is 1. The van der Waals surface area contributed by atoms with Crippen molar-refractivity contribution in [1.29, 1.82) is 0 Å². The molecular weight excluding hydrogens is 308 g/mol. The fourth-order valence-corrected chi connectivity index (χ4v) is 2.83. The molecule has 3 N–H and O–H groups in total. The van der Waals surface area contributed by atoms with Crippen LogP contribution in [0.2, 0.25) is 0 Å². The first-order chi connectivity index (χ1) is 11.6. The highest BCUT2D eigenvalue weighted by Crippen LogP contribution is 2.22. The molecule has 0 saturated heterocycles. The minimum absolute atomic E-state index is 0.154. The van der Waals surface area contributed by atoms with Gasteiger partial charge in [0.15, 0.2) is 5.82 Å². The number of aromatic nitrogens is 4. The van der Waals surface area contributed by atoms with Crippen LogP contribution in [0.3, 0.4) is 0 Å². The lowest BCUT2D eigenvalue weighted by molar-refractivity contribution is 0.0921. The number of carbonyl (C=O) groups is 1. The minimum Gasteiger partial charge on any atom is -0.342 e. The van der Waals surface area contributed by atoms with Gasteiger partial charge in [0, 0.05) is 38.3 Å². The molecule has 1 amide bonds. The van der Waals surface area contributed by atoms with Crippen LogP contribution in [0.15, 0.2) is 23.1 Å². The maximum Gasteiger partial charge on any atom is 0.253 e. The predicted molar refractivity (Wildman–Crippen MR) is 88.7 cm³/mol. The average Bonchev–Trinajstić information content (AvgIpc) is 2.80. The van der Waals surface area contributed by atoms with E-state index in [1.165, 1.54) is 18.3 Å². The summed E-state index contributed by atoms with van der Waals surface area (Å²) in [6, 6.07) is 2.61. The van der Waals surface area contributed by atoms with E-state index >= 15 is 0 Å². The lowest BCUT2D eigenvalue weighted by Gasteiger charge is -2.22. The second kappa shape index (κ2) is 6.96. The average molecular weight is 330 g/mol. The van der Waals surface area contributed by atoms with E-state index in [4.69, 9.17) is 0 Å². The Hall–Kier alpha value is -2.48. The number of nitrogens with zero attached hydrogens (tertiary/aromatic N) is 3. The van der Waals surface area contributed by atoms with Crippen LogP contribution in [0.4, 0.5) is 0 Å². The highest BCUT2D eigenvalue weighted by atomic mass is 16.2. The largest absolute Gasteiger partial charge is 0.342 e. The first-order valence-corrected chi connectivity index (χ1v) is 8.18. The number of amides is 1. The maximum absolute atomic E-state index is 12.5. The van der Waals surface area contributed by atoms with Gasteiger partial charge in [0.1, 0.15) is 5.82 Å². The molecule has 0 aliphatic carbocycles. The fourth-order valence-electron chi connectivity index (χ4n) is 2.83. The van der Waals surface area contributed by atoms with Crippen LogP contribution in [0.1, 0.15) is 41.9 Å². The molecule has 0 aromatic carbocycles. The van der Waals surface area contributed by atoms with Gasteiger partial charge in [0.25, 0.3) is 5.91 Å². The third kappa shape index (κ3) is 3.38. The molecule has 0 bridgehead atoms. The molecule has 0 unspecified atom stereocenters. The van der Waals surface area contributed by atoms with Gasteiger partial charge in [0.2, 0.25) is 5.56 Å². The summed E-state index contributed by atoms with van der Waals surface area (Å²) < 4.78 is 2.10. The van der Waals surface area contributed by atoms with Crippen molar-refractivity contribution < 1.29 is 4.79 Å². The number of rotatable bonds is 4. The Bertz CT molecular complexity index is 759. The molecule has 0 fully saturated rings. The Morgan fingerprint density at radius 2 is 2.12 bits per heavy atom. The van der Waals surface area contributed by atoms with Crippen molar-refractivity contribution in [2.45, 2.75) is 32.9 Å². The van der Waals surface area contributed by atoms with Gasteiger partial charge < -0.3 is 20.2 Å². The summed E-state index contributed by atoms with van der Waals surface area (Å²) in [5, 5.41) is 15.0. The maximum atomic E-state index is 12.5. The summed E-state index contributed by atoms with van der Waals surface area (Å²) in [5.74, 6) is 1.63. The number of nitrogens with one attached hydrogen (secondary N) is 3. The highest BCUT2D eigenvalue weighted by molar-refractivity contribution is 5.94. The first-order valence-electron chi connectivity index (χ1n) is 8.18. The Labute approximate surface area is 139 Å². The van der Waals surface area contributed by atoms with E-state index < -0.39 is 0 Å². The zero-order valence-corrected chi connectivity index (χ0v) is 13.9. The second-order valence-electron chi connectivity index (χ2n) is 6.26. The zero-order valence-electron chi connectivity index (χ0n) is 13.9. The normalized spacial score (nSPS) is 15.6. The number of hydrogen-bond donors (Lipinski definition) is 3. The van der Waals surface area contributed by atoms with E-state index in [0.29, 0.717) is 5.56 Å². The van der Waals surface area contributed by atoms with Crippen molar-refractivity contribution in [3.8, 4) is 0 Å². The molecule has 3 heterocycles. The molecule has 8 heteroatoms.